The van der Waals surface area contributed by atoms with E-state index in [0.717, 1.165) is 45.4 Å². The first-order valence-corrected chi connectivity index (χ1v) is 10.2. The number of pyridine rings is 1. The van der Waals surface area contributed by atoms with Gasteiger partial charge in [-0.2, -0.15) is 26.3 Å². The smallest absolute Gasteiger partial charge is 0.419 e. The number of methoxy groups -OCH3 is 1. The number of anilines is 1. The first-order valence-electron chi connectivity index (χ1n) is 10.2. The van der Waals surface area contributed by atoms with Gasteiger partial charge in [0.15, 0.2) is 5.60 Å². The Labute approximate surface area is 195 Å². The number of carbonyl (C=O) groups excluding carboxylic acids is 2. The zero-order valence-corrected chi connectivity index (χ0v) is 18.6. The molecule has 1 saturated heterocycles. The number of hydrogen-bond donors (Lipinski definition) is 2. The molecule has 2 aromatic rings. The molecule has 4 atom stereocenters. The van der Waals surface area contributed by atoms with E-state index in [-0.39, 0.29) is 16.9 Å². The van der Waals surface area contributed by atoms with E-state index in [1.54, 1.807) is 0 Å². The summed E-state index contributed by atoms with van der Waals surface area (Å²) < 4.78 is 93.0. The highest BCUT2D eigenvalue weighted by Crippen LogP contribution is 2.55. The van der Waals surface area contributed by atoms with E-state index < -0.39 is 59.0 Å². The third-order valence-electron chi connectivity index (χ3n) is 6.12. The Bertz CT molecular complexity index is 1140. The van der Waals surface area contributed by atoms with Crippen molar-refractivity contribution in [1.29, 1.82) is 0 Å². The molecule has 13 heteroatoms. The van der Waals surface area contributed by atoms with Gasteiger partial charge < -0.3 is 20.5 Å². The number of amides is 2. The number of nitrogens with two attached hydrogens (primary N) is 1. The molecule has 3 N–H and O–H groups in total. The van der Waals surface area contributed by atoms with E-state index in [0.29, 0.717) is 0 Å². The summed E-state index contributed by atoms with van der Waals surface area (Å²) >= 11 is 0. The maximum atomic E-state index is 14.0. The summed E-state index contributed by atoms with van der Waals surface area (Å²) in [6, 6.07) is 5.27. The molecule has 0 saturated carbocycles. The third-order valence-corrected chi connectivity index (χ3v) is 6.12. The van der Waals surface area contributed by atoms with Gasteiger partial charge in [0, 0.05) is 29.3 Å². The number of rotatable bonds is 5. The lowest BCUT2D eigenvalue weighted by atomic mass is 9.76. The quantitative estimate of drug-likeness (QED) is 0.591. The van der Waals surface area contributed by atoms with Gasteiger partial charge in [-0.05, 0) is 25.1 Å². The van der Waals surface area contributed by atoms with E-state index >= 15 is 0 Å². The van der Waals surface area contributed by atoms with Crippen LogP contribution in [-0.2, 0) is 15.7 Å². The van der Waals surface area contributed by atoms with Crippen LogP contribution in [0.1, 0.15) is 41.4 Å². The van der Waals surface area contributed by atoms with E-state index in [4.69, 9.17) is 15.2 Å². The molecule has 1 fully saturated rings. The molecule has 0 spiro atoms. The van der Waals surface area contributed by atoms with Crippen LogP contribution in [0, 0.1) is 5.92 Å². The predicted octanol–water partition coefficient (Wildman–Crippen LogP) is 4.29. The molecule has 0 bridgehead atoms. The predicted molar refractivity (Wildman–Crippen MR) is 111 cm³/mol. The number of carbonyl (C=O) groups is 2. The van der Waals surface area contributed by atoms with E-state index in [9.17, 15) is 35.9 Å². The SMILES string of the molecule is COc1c([C@@H]2[C@@H](C(=O)Nc3ccnc(C(N)=O)c3)O[C@](C)(C(F)(F)F)[C@@H]2C)cccc1C(F)(F)F. The minimum atomic E-state index is -4.95. The number of hydrogen-bond acceptors (Lipinski definition) is 5. The van der Waals surface area contributed by atoms with Gasteiger partial charge in [0.2, 0.25) is 0 Å². The van der Waals surface area contributed by atoms with Gasteiger partial charge in [-0.3, -0.25) is 14.6 Å². The Morgan fingerprint density at radius 2 is 1.83 bits per heavy atom. The Balaban J connectivity index is 2.11. The lowest BCUT2D eigenvalue weighted by Gasteiger charge is -2.32. The molecule has 1 aliphatic rings. The maximum Gasteiger partial charge on any atom is 0.419 e. The van der Waals surface area contributed by atoms with E-state index in [2.05, 4.69) is 10.3 Å². The topological polar surface area (TPSA) is 104 Å². The van der Waals surface area contributed by atoms with Gasteiger partial charge in [0.25, 0.3) is 11.8 Å². The number of nitrogens with one attached hydrogen (secondary N) is 1. The minimum absolute atomic E-state index is 0.0228. The number of para-hydroxylation sites is 1. The van der Waals surface area contributed by atoms with Crippen LogP contribution >= 0.6 is 0 Å². The molecule has 35 heavy (non-hydrogen) atoms. The molecule has 1 aliphatic heterocycles. The number of halogens is 6. The van der Waals surface area contributed by atoms with Crippen molar-refractivity contribution < 1.29 is 45.4 Å². The Morgan fingerprint density at radius 3 is 2.37 bits per heavy atom. The van der Waals surface area contributed by atoms with Crippen LogP contribution in [0.15, 0.2) is 36.5 Å². The molecule has 1 aromatic carbocycles. The monoisotopic (exact) mass is 505 g/mol. The molecule has 0 aliphatic carbocycles. The summed E-state index contributed by atoms with van der Waals surface area (Å²) in [5, 5.41) is 2.33. The van der Waals surface area contributed by atoms with Crippen LogP contribution in [0.4, 0.5) is 32.0 Å². The highest BCUT2D eigenvalue weighted by atomic mass is 19.4. The Morgan fingerprint density at radius 1 is 1.17 bits per heavy atom. The normalized spacial score (nSPS) is 24.8. The zero-order chi connectivity index (χ0) is 26.3. The summed E-state index contributed by atoms with van der Waals surface area (Å²) in [4.78, 5) is 28.2. The van der Waals surface area contributed by atoms with Crippen LogP contribution in [0.25, 0.3) is 0 Å². The summed E-state index contributed by atoms with van der Waals surface area (Å²) in [7, 11) is 0.953. The molecule has 0 unspecified atom stereocenters. The van der Waals surface area contributed by atoms with Crippen LogP contribution in [0.3, 0.4) is 0 Å². The largest absolute Gasteiger partial charge is 0.496 e. The molecule has 0 radical (unpaired) electrons. The molecule has 2 heterocycles. The number of benzene rings is 1. The van der Waals surface area contributed by atoms with Gasteiger partial charge in [0.05, 0.1) is 12.7 Å². The molecule has 7 nitrogen and oxygen atoms in total. The third kappa shape index (κ3) is 4.77. The van der Waals surface area contributed by atoms with Gasteiger partial charge in [-0.1, -0.05) is 19.1 Å². The van der Waals surface area contributed by atoms with Crippen molar-refractivity contribution in [2.75, 3.05) is 12.4 Å². The fourth-order valence-electron chi connectivity index (χ4n) is 4.15. The zero-order valence-electron chi connectivity index (χ0n) is 18.6. The van der Waals surface area contributed by atoms with Crippen molar-refractivity contribution in [2.45, 2.75) is 43.8 Å². The minimum Gasteiger partial charge on any atom is -0.496 e. The van der Waals surface area contributed by atoms with Crippen LogP contribution in [0.5, 0.6) is 5.75 Å². The maximum absolute atomic E-state index is 14.0. The fourth-order valence-corrected chi connectivity index (χ4v) is 4.15. The summed E-state index contributed by atoms with van der Waals surface area (Å²) in [6.45, 7) is 1.87. The second kappa shape index (κ2) is 9.02. The standard InChI is InChI=1S/C22H21F6N3O4/c1-10-15(12-5-4-6-13(16(12)34-3)21(23,24)25)17(35-20(10,2)22(26,27)28)19(33)31-11-7-8-30-14(9-11)18(29)32/h4-10,15,17H,1-3H3,(H2,29,32)(H,30,31,33)/t10-,15-,17+,20+/m1/s1. The summed E-state index contributed by atoms with van der Waals surface area (Å²) in [5.41, 5.74) is 0.564. The second-order valence-electron chi connectivity index (χ2n) is 8.17. The first kappa shape index (κ1) is 26.3. The van der Waals surface area contributed by atoms with Crippen molar-refractivity contribution in [2.24, 2.45) is 11.7 Å². The lowest BCUT2D eigenvalue weighted by molar-refractivity contribution is -0.272. The molecule has 3 rings (SSSR count). The average molecular weight is 505 g/mol. The molecule has 1 aromatic heterocycles. The van der Waals surface area contributed by atoms with Crippen LogP contribution in [-0.4, -0.2) is 41.8 Å². The van der Waals surface area contributed by atoms with Gasteiger partial charge >= 0.3 is 12.4 Å². The number of primary amides is 1. The van der Waals surface area contributed by atoms with E-state index in [1.165, 1.54) is 12.1 Å². The van der Waals surface area contributed by atoms with Crippen molar-refractivity contribution >= 4 is 17.5 Å². The lowest BCUT2D eigenvalue weighted by Crippen LogP contribution is -2.47. The van der Waals surface area contributed by atoms with Gasteiger partial charge in [-0.25, -0.2) is 0 Å². The Hall–Kier alpha value is -3.35. The van der Waals surface area contributed by atoms with Gasteiger partial charge in [0.1, 0.15) is 17.5 Å². The highest BCUT2D eigenvalue weighted by Gasteiger charge is 2.66. The van der Waals surface area contributed by atoms with Crippen molar-refractivity contribution in [3.8, 4) is 5.75 Å². The number of aromatic nitrogens is 1. The molecule has 190 valence electrons. The molecule has 2 amide bonds. The number of nitrogens with zero attached hydrogens (tertiary/aromatic N) is 1. The van der Waals surface area contributed by atoms with Gasteiger partial charge in [-0.15, -0.1) is 0 Å². The number of ether oxygens (including phenoxy) is 2. The van der Waals surface area contributed by atoms with Crippen molar-refractivity contribution in [3.63, 3.8) is 0 Å². The van der Waals surface area contributed by atoms with Crippen LogP contribution in [0.2, 0.25) is 0 Å². The van der Waals surface area contributed by atoms with E-state index in [1.807, 2.05) is 0 Å². The van der Waals surface area contributed by atoms with Crippen molar-refractivity contribution in [3.05, 3.63) is 53.3 Å². The molecular formula is C22H21F6N3O4. The number of alkyl halides is 6. The second-order valence-corrected chi connectivity index (χ2v) is 8.17. The summed E-state index contributed by atoms with van der Waals surface area (Å²) in [5.74, 6) is -5.66. The Kier molecular flexibility index (Phi) is 6.77. The molecular weight excluding hydrogens is 484 g/mol. The first-order chi connectivity index (χ1) is 16.1. The average Bonchev–Trinajstić information content (AvgIpc) is 3.04. The summed E-state index contributed by atoms with van der Waals surface area (Å²) in [6.07, 6.45) is -10.5. The van der Waals surface area contributed by atoms with Crippen molar-refractivity contribution in [1.82, 2.24) is 4.98 Å². The fraction of sp³-hybridized carbons (Fsp3) is 0.409. The highest BCUT2D eigenvalue weighted by molar-refractivity contribution is 5.97. The van der Waals surface area contributed by atoms with Crippen LogP contribution < -0.4 is 15.8 Å².